The number of nitrogens with one attached hydrogen (secondary N) is 1. The van der Waals surface area contributed by atoms with Crippen molar-refractivity contribution in [1.82, 2.24) is 10.2 Å². The van der Waals surface area contributed by atoms with E-state index in [1.165, 1.54) is 37.8 Å². The Hall–Kier alpha value is -1.75. The molecule has 0 radical (unpaired) electrons. The third-order valence-corrected chi connectivity index (χ3v) is 5.52. The van der Waals surface area contributed by atoms with E-state index >= 15 is 0 Å². The van der Waals surface area contributed by atoms with Crippen LogP contribution < -0.4 is 5.32 Å². The SMILES string of the molecule is C[C@@H](CC(=O)c1ccccc1F)C(=O)N[C@@H]1CCN(C2CCCC2)C1. The molecule has 0 bridgehead atoms. The molecule has 1 aliphatic heterocycles. The molecule has 0 aromatic heterocycles. The summed E-state index contributed by atoms with van der Waals surface area (Å²) in [5, 5.41) is 3.08. The highest BCUT2D eigenvalue weighted by Crippen LogP contribution is 2.26. The molecule has 2 aliphatic rings. The Labute approximate surface area is 148 Å². The van der Waals surface area contributed by atoms with Crippen LogP contribution in [0.1, 0.15) is 55.8 Å². The lowest BCUT2D eigenvalue weighted by Crippen LogP contribution is -2.41. The zero-order valence-corrected chi connectivity index (χ0v) is 14.8. The van der Waals surface area contributed by atoms with Gasteiger partial charge < -0.3 is 5.32 Å². The van der Waals surface area contributed by atoms with Crippen LogP contribution in [0.4, 0.5) is 4.39 Å². The van der Waals surface area contributed by atoms with Crippen LogP contribution in [-0.4, -0.2) is 41.8 Å². The van der Waals surface area contributed by atoms with Crippen LogP contribution in [0, 0.1) is 11.7 Å². The van der Waals surface area contributed by atoms with Gasteiger partial charge >= 0.3 is 0 Å². The zero-order chi connectivity index (χ0) is 17.8. The number of hydrogen-bond acceptors (Lipinski definition) is 3. The van der Waals surface area contributed by atoms with Gasteiger partial charge in [0.05, 0.1) is 5.56 Å². The number of likely N-dealkylation sites (tertiary alicyclic amines) is 1. The number of rotatable bonds is 6. The monoisotopic (exact) mass is 346 g/mol. The van der Waals surface area contributed by atoms with E-state index in [4.69, 9.17) is 0 Å². The van der Waals surface area contributed by atoms with E-state index in [0.717, 1.165) is 19.5 Å². The molecule has 1 aliphatic carbocycles. The summed E-state index contributed by atoms with van der Waals surface area (Å²) in [6.07, 6.45) is 6.17. The number of carbonyl (C=O) groups excluding carboxylic acids is 2. The van der Waals surface area contributed by atoms with Crippen molar-refractivity contribution in [3.8, 4) is 0 Å². The van der Waals surface area contributed by atoms with Crippen LogP contribution in [0.15, 0.2) is 24.3 Å². The Balaban J connectivity index is 1.48. The molecule has 1 saturated heterocycles. The summed E-state index contributed by atoms with van der Waals surface area (Å²) in [6, 6.07) is 6.78. The molecule has 1 saturated carbocycles. The second kappa shape index (κ2) is 8.09. The van der Waals surface area contributed by atoms with E-state index < -0.39 is 11.7 Å². The Morgan fingerprint density at radius 2 is 1.96 bits per heavy atom. The summed E-state index contributed by atoms with van der Waals surface area (Å²) in [6.45, 7) is 3.68. The largest absolute Gasteiger partial charge is 0.352 e. The summed E-state index contributed by atoms with van der Waals surface area (Å²) < 4.78 is 13.7. The molecule has 0 unspecified atom stereocenters. The molecule has 4 nitrogen and oxygen atoms in total. The van der Waals surface area contributed by atoms with Crippen molar-refractivity contribution in [2.45, 2.75) is 57.5 Å². The molecule has 1 aromatic carbocycles. The number of ketones is 1. The molecular formula is C20H27FN2O2. The number of hydrogen-bond donors (Lipinski definition) is 1. The molecule has 1 heterocycles. The second-order valence-corrected chi connectivity index (χ2v) is 7.44. The highest BCUT2D eigenvalue weighted by Gasteiger charge is 2.31. The van der Waals surface area contributed by atoms with E-state index in [0.29, 0.717) is 6.04 Å². The first kappa shape index (κ1) is 18.1. The highest BCUT2D eigenvalue weighted by atomic mass is 19.1. The molecule has 1 amide bonds. The summed E-state index contributed by atoms with van der Waals surface area (Å²) in [5.41, 5.74) is 0.0652. The van der Waals surface area contributed by atoms with Gasteiger partial charge in [-0.2, -0.15) is 0 Å². The maximum absolute atomic E-state index is 13.7. The van der Waals surface area contributed by atoms with E-state index in [1.54, 1.807) is 19.1 Å². The number of carbonyl (C=O) groups is 2. The summed E-state index contributed by atoms with van der Waals surface area (Å²) in [4.78, 5) is 27.1. The third kappa shape index (κ3) is 4.46. The van der Waals surface area contributed by atoms with Crippen LogP contribution in [0.5, 0.6) is 0 Å². The standard InChI is InChI=1S/C20H27FN2O2/c1-14(12-19(24)17-8-4-5-9-18(17)21)20(25)22-15-10-11-23(13-15)16-6-2-3-7-16/h4-5,8-9,14-16H,2-3,6-7,10-13H2,1H3,(H,22,25)/t14-,15+/m0/s1. The molecule has 3 rings (SSSR count). The molecule has 1 N–H and O–H groups in total. The van der Waals surface area contributed by atoms with Crippen molar-refractivity contribution >= 4 is 11.7 Å². The van der Waals surface area contributed by atoms with Gasteiger partial charge in [0.1, 0.15) is 5.82 Å². The lowest BCUT2D eigenvalue weighted by molar-refractivity contribution is -0.125. The second-order valence-electron chi connectivity index (χ2n) is 7.44. The quantitative estimate of drug-likeness (QED) is 0.805. The zero-order valence-electron chi connectivity index (χ0n) is 14.8. The predicted molar refractivity (Wildman–Crippen MR) is 94.9 cm³/mol. The Morgan fingerprint density at radius 3 is 2.68 bits per heavy atom. The number of nitrogens with zero attached hydrogens (tertiary/aromatic N) is 1. The molecule has 2 atom stereocenters. The Kier molecular flexibility index (Phi) is 5.84. The van der Waals surface area contributed by atoms with Crippen LogP contribution >= 0.6 is 0 Å². The molecule has 5 heteroatoms. The van der Waals surface area contributed by atoms with Gasteiger partial charge in [-0.15, -0.1) is 0 Å². The van der Waals surface area contributed by atoms with Gasteiger partial charge in [-0.3, -0.25) is 14.5 Å². The molecule has 2 fully saturated rings. The molecular weight excluding hydrogens is 319 g/mol. The summed E-state index contributed by atoms with van der Waals surface area (Å²) >= 11 is 0. The number of benzene rings is 1. The number of Topliss-reactive ketones (excluding diaryl/α,β-unsaturated/α-hetero) is 1. The van der Waals surface area contributed by atoms with E-state index in [-0.39, 0.29) is 29.7 Å². The van der Waals surface area contributed by atoms with Gasteiger partial charge in [0.15, 0.2) is 5.78 Å². The van der Waals surface area contributed by atoms with Crippen molar-refractivity contribution in [2.24, 2.45) is 5.92 Å². The predicted octanol–water partition coefficient (Wildman–Crippen LogP) is 3.17. The van der Waals surface area contributed by atoms with Crippen molar-refractivity contribution in [3.05, 3.63) is 35.6 Å². The van der Waals surface area contributed by atoms with Crippen LogP contribution in [0.3, 0.4) is 0 Å². The van der Waals surface area contributed by atoms with Gasteiger partial charge in [0.25, 0.3) is 0 Å². The average molecular weight is 346 g/mol. The molecule has 0 spiro atoms. The lowest BCUT2D eigenvalue weighted by atomic mass is 9.98. The third-order valence-electron chi connectivity index (χ3n) is 5.52. The molecule has 25 heavy (non-hydrogen) atoms. The fraction of sp³-hybridized carbons (Fsp3) is 0.600. The first-order valence-corrected chi connectivity index (χ1v) is 9.36. The van der Waals surface area contributed by atoms with Gasteiger partial charge in [0.2, 0.25) is 5.91 Å². The first-order valence-electron chi connectivity index (χ1n) is 9.36. The van der Waals surface area contributed by atoms with E-state index in [1.807, 2.05) is 0 Å². The maximum atomic E-state index is 13.7. The van der Waals surface area contributed by atoms with Crippen molar-refractivity contribution in [2.75, 3.05) is 13.1 Å². The van der Waals surface area contributed by atoms with Crippen molar-refractivity contribution in [3.63, 3.8) is 0 Å². The summed E-state index contributed by atoms with van der Waals surface area (Å²) in [5.74, 6) is -1.40. The highest BCUT2D eigenvalue weighted by molar-refractivity contribution is 5.98. The topological polar surface area (TPSA) is 49.4 Å². The van der Waals surface area contributed by atoms with Crippen molar-refractivity contribution < 1.29 is 14.0 Å². The minimum absolute atomic E-state index is 0.0336. The number of halogens is 1. The van der Waals surface area contributed by atoms with Crippen molar-refractivity contribution in [1.29, 1.82) is 0 Å². The van der Waals surface area contributed by atoms with Crippen LogP contribution in [0.25, 0.3) is 0 Å². The summed E-state index contributed by atoms with van der Waals surface area (Å²) in [7, 11) is 0. The van der Waals surface area contributed by atoms with Gasteiger partial charge in [-0.05, 0) is 31.4 Å². The maximum Gasteiger partial charge on any atom is 0.223 e. The van der Waals surface area contributed by atoms with Crippen LogP contribution in [0.2, 0.25) is 0 Å². The van der Waals surface area contributed by atoms with Gasteiger partial charge in [0, 0.05) is 37.5 Å². The van der Waals surface area contributed by atoms with Gasteiger partial charge in [-0.1, -0.05) is 31.9 Å². The molecule has 136 valence electrons. The average Bonchev–Trinajstić information content (AvgIpc) is 3.26. The van der Waals surface area contributed by atoms with Crippen LogP contribution in [-0.2, 0) is 4.79 Å². The first-order chi connectivity index (χ1) is 12.0. The fourth-order valence-electron chi connectivity index (χ4n) is 4.02. The normalized spacial score (nSPS) is 22.9. The van der Waals surface area contributed by atoms with E-state index in [9.17, 15) is 14.0 Å². The van der Waals surface area contributed by atoms with Gasteiger partial charge in [-0.25, -0.2) is 4.39 Å². The minimum Gasteiger partial charge on any atom is -0.352 e. The molecule has 1 aromatic rings. The number of amides is 1. The Bertz CT molecular complexity index is 628. The fourth-order valence-corrected chi connectivity index (χ4v) is 4.02. The smallest absolute Gasteiger partial charge is 0.223 e. The lowest BCUT2D eigenvalue weighted by Gasteiger charge is -2.24. The Morgan fingerprint density at radius 1 is 1.24 bits per heavy atom. The minimum atomic E-state index is -0.525. The van der Waals surface area contributed by atoms with E-state index in [2.05, 4.69) is 10.2 Å².